The summed E-state index contributed by atoms with van der Waals surface area (Å²) in [5, 5.41) is 4.70. The van der Waals surface area contributed by atoms with E-state index in [0.29, 0.717) is 6.04 Å². The number of aryl methyl sites for hydroxylation is 2. The highest BCUT2D eigenvalue weighted by atomic mass is 32.1. The van der Waals surface area contributed by atoms with Crippen molar-refractivity contribution in [3.05, 3.63) is 34.2 Å². The van der Waals surface area contributed by atoms with Gasteiger partial charge in [0.05, 0.1) is 12.0 Å². The molecule has 0 bridgehead atoms. The molecule has 0 spiro atoms. The Labute approximate surface area is 130 Å². The zero-order chi connectivity index (χ0) is 14.8. The van der Waals surface area contributed by atoms with Crippen LogP contribution in [0.5, 0.6) is 0 Å². The van der Waals surface area contributed by atoms with Crippen LogP contribution in [0.4, 0.5) is 5.13 Å². The van der Waals surface area contributed by atoms with Gasteiger partial charge >= 0.3 is 0 Å². The van der Waals surface area contributed by atoms with Crippen molar-refractivity contribution in [1.82, 2.24) is 10.3 Å². The molecule has 1 atom stereocenters. The largest absolute Gasteiger partial charge is 0.469 e. The van der Waals surface area contributed by atoms with Crippen molar-refractivity contribution in [2.45, 2.75) is 45.7 Å². The highest BCUT2D eigenvalue weighted by Gasteiger charge is 2.25. The summed E-state index contributed by atoms with van der Waals surface area (Å²) < 4.78 is 5.38. The second-order valence-corrected chi connectivity index (χ2v) is 6.68. The standard InChI is InChI=1S/C16H23N3OS/c1-4-17-13-6-5-7-14-15(13)21-16(18-14)19(3)10-12-8-9-20-11(12)2/h8-9,13,17H,4-7,10H2,1-3H3. The molecule has 2 heterocycles. The lowest BCUT2D eigenvalue weighted by molar-refractivity contribution is 0.476. The quantitative estimate of drug-likeness (QED) is 0.915. The molecule has 0 amide bonds. The number of aromatic nitrogens is 1. The van der Waals surface area contributed by atoms with Gasteiger partial charge in [0.15, 0.2) is 5.13 Å². The Morgan fingerprint density at radius 3 is 3.10 bits per heavy atom. The van der Waals surface area contributed by atoms with Crippen LogP contribution in [0, 0.1) is 6.92 Å². The summed E-state index contributed by atoms with van der Waals surface area (Å²) in [4.78, 5) is 8.53. The van der Waals surface area contributed by atoms with E-state index in [9.17, 15) is 0 Å². The molecule has 114 valence electrons. The monoisotopic (exact) mass is 305 g/mol. The van der Waals surface area contributed by atoms with E-state index in [1.807, 2.05) is 24.3 Å². The predicted octanol–water partition coefficient (Wildman–Crippen LogP) is 3.67. The Bertz CT molecular complexity index is 604. The van der Waals surface area contributed by atoms with Gasteiger partial charge in [-0.25, -0.2) is 4.98 Å². The van der Waals surface area contributed by atoms with E-state index in [-0.39, 0.29) is 0 Å². The lowest BCUT2D eigenvalue weighted by atomic mass is 9.98. The molecule has 4 nitrogen and oxygen atoms in total. The number of hydrogen-bond donors (Lipinski definition) is 1. The first-order valence-corrected chi connectivity index (χ1v) is 8.47. The van der Waals surface area contributed by atoms with Crippen molar-refractivity contribution in [3.8, 4) is 0 Å². The molecule has 0 radical (unpaired) electrons. The summed E-state index contributed by atoms with van der Waals surface area (Å²) in [6, 6.07) is 2.54. The lowest BCUT2D eigenvalue weighted by Crippen LogP contribution is -2.23. The fourth-order valence-electron chi connectivity index (χ4n) is 2.91. The number of nitrogens with one attached hydrogen (secondary N) is 1. The minimum Gasteiger partial charge on any atom is -0.469 e. The van der Waals surface area contributed by atoms with Gasteiger partial charge in [-0.2, -0.15) is 0 Å². The number of rotatable bonds is 5. The summed E-state index contributed by atoms with van der Waals surface area (Å²) >= 11 is 1.84. The highest BCUT2D eigenvalue weighted by Crippen LogP contribution is 2.37. The van der Waals surface area contributed by atoms with Crippen molar-refractivity contribution in [3.63, 3.8) is 0 Å². The summed E-state index contributed by atoms with van der Waals surface area (Å²) in [6.45, 7) is 6.04. The Hall–Kier alpha value is -1.33. The molecule has 2 aromatic heterocycles. The topological polar surface area (TPSA) is 41.3 Å². The zero-order valence-electron chi connectivity index (χ0n) is 13.0. The van der Waals surface area contributed by atoms with Crippen LogP contribution in [0.2, 0.25) is 0 Å². The average Bonchev–Trinajstić information content (AvgIpc) is 3.07. The Morgan fingerprint density at radius 1 is 1.52 bits per heavy atom. The molecule has 0 aliphatic heterocycles. The van der Waals surface area contributed by atoms with Gasteiger partial charge in [-0.1, -0.05) is 18.3 Å². The predicted molar refractivity (Wildman–Crippen MR) is 87.0 cm³/mol. The molecule has 0 aromatic carbocycles. The van der Waals surface area contributed by atoms with Crippen LogP contribution in [-0.2, 0) is 13.0 Å². The van der Waals surface area contributed by atoms with Crippen LogP contribution in [-0.4, -0.2) is 18.6 Å². The highest BCUT2D eigenvalue weighted by molar-refractivity contribution is 7.15. The number of furan rings is 1. The molecular weight excluding hydrogens is 282 g/mol. The first kappa shape index (κ1) is 14.6. The van der Waals surface area contributed by atoms with E-state index in [1.54, 1.807) is 6.26 Å². The van der Waals surface area contributed by atoms with Crippen LogP contribution in [0.25, 0.3) is 0 Å². The van der Waals surface area contributed by atoms with Crippen molar-refractivity contribution in [2.24, 2.45) is 0 Å². The van der Waals surface area contributed by atoms with Gasteiger partial charge in [0.25, 0.3) is 0 Å². The Kier molecular flexibility index (Phi) is 4.31. The molecule has 21 heavy (non-hydrogen) atoms. The maximum Gasteiger partial charge on any atom is 0.185 e. The average molecular weight is 305 g/mol. The first-order chi connectivity index (χ1) is 10.2. The number of hydrogen-bond acceptors (Lipinski definition) is 5. The van der Waals surface area contributed by atoms with E-state index < -0.39 is 0 Å². The van der Waals surface area contributed by atoms with Gasteiger partial charge in [0, 0.05) is 30.1 Å². The summed E-state index contributed by atoms with van der Waals surface area (Å²) in [5.41, 5.74) is 2.52. The van der Waals surface area contributed by atoms with E-state index in [4.69, 9.17) is 9.40 Å². The third-order valence-corrected chi connectivity index (χ3v) is 5.42. The number of fused-ring (bicyclic) bond motifs is 1. The third-order valence-electron chi connectivity index (χ3n) is 4.09. The van der Waals surface area contributed by atoms with Gasteiger partial charge in [-0.15, -0.1) is 0 Å². The molecule has 5 heteroatoms. The minimum absolute atomic E-state index is 0.495. The second kappa shape index (κ2) is 6.20. The summed E-state index contributed by atoms with van der Waals surface area (Å²) in [7, 11) is 2.11. The van der Waals surface area contributed by atoms with E-state index >= 15 is 0 Å². The van der Waals surface area contributed by atoms with Gasteiger partial charge in [0.1, 0.15) is 5.76 Å². The smallest absolute Gasteiger partial charge is 0.185 e. The molecule has 0 saturated heterocycles. The fraction of sp³-hybridized carbons (Fsp3) is 0.562. The van der Waals surface area contributed by atoms with Crippen LogP contribution >= 0.6 is 11.3 Å². The molecule has 1 unspecified atom stereocenters. The third kappa shape index (κ3) is 2.99. The first-order valence-electron chi connectivity index (χ1n) is 7.66. The molecule has 0 saturated carbocycles. The molecule has 3 rings (SSSR count). The molecule has 1 aliphatic carbocycles. The maximum absolute atomic E-state index is 5.38. The van der Waals surface area contributed by atoms with Crippen LogP contribution < -0.4 is 10.2 Å². The van der Waals surface area contributed by atoms with E-state index in [2.05, 4.69) is 24.2 Å². The molecular formula is C16H23N3OS. The van der Waals surface area contributed by atoms with Crippen LogP contribution in [0.1, 0.15) is 47.7 Å². The molecule has 1 N–H and O–H groups in total. The van der Waals surface area contributed by atoms with Gasteiger partial charge in [-0.05, 0) is 38.8 Å². The number of nitrogens with zero attached hydrogens (tertiary/aromatic N) is 2. The lowest BCUT2D eigenvalue weighted by Gasteiger charge is -2.21. The summed E-state index contributed by atoms with van der Waals surface area (Å²) in [5.74, 6) is 0.994. The number of anilines is 1. The van der Waals surface area contributed by atoms with Crippen LogP contribution in [0.15, 0.2) is 16.7 Å². The molecule has 0 fully saturated rings. The van der Waals surface area contributed by atoms with Crippen molar-refractivity contribution >= 4 is 16.5 Å². The zero-order valence-corrected chi connectivity index (χ0v) is 13.8. The number of thiazole rings is 1. The van der Waals surface area contributed by atoms with Gasteiger partial charge in [-0.3, -0.25) is 0 Å². The molecule has 2 aromatic rings. The normalized spacial score (nSPS) is 17.8. The van der Waals surface area contributed by atoms with Gasteiger partial charge < -0.3 is 14.6 Å². The Balaban J connectivity index is 1.78. The van der Waals surface area contributed by atoms with Crippen molar-refractivity contribution in [2.75, 3.05) is 18.5 Å². The van der Waals surface area contributed by atoms with E-state index in [0.717, 1.165) is 30.4 Å². The molecule has 1 aliphatic rings. The fourth-order valence-corrected chi connectivity index (χ4v) is 4.09. The maximum atomic E-state index is 5.38. The minimum atomic E-state index is 0.495. The van der Waals surface area contributed by atoms with Gasteiger partial charge in [0.2, 0.25) is 0 Å². The second-order valence-electron chi connectivity index (χ2n) is 5.67. The van der Waals surface area contributed by atoms with Crippen molar-refractivity contribution in [1.29, 1.82) is 0 Å². The Morgan fingerprint density at radius 2 is 2.38 bits per heavy atom. The summed E-state index contributed by atoms with van der Waals surface area (Å²) in [6.07, 6.45) is 5.34. The van der Waals surface area contributed by atoms with Crippen molar-refractivity contribution < 1.29 is 4.42 Å². The van der Waals surface area contributed by atoms with Crippen LogP contribution in [0.3, 0.4) is 0 Å². The SMILES string of the molecule is CCNC1CCCc2nc(N(C)Cc3ccoc3C)sc21. The van der Waals surface area contributed by atoms with E-state index in [1.165, 1.54) is 29.0 Å².